The average Bonchev–Trinajstić information content (AvgIpc) is 2.36. The Morgan fingerprint density at radius 2 is 2.10 bits per heavy atom. The van der Waals surface area contributed by atoms with Crippen molar-refractivity contribution in [1.82, 2.24) is 0 Å². The Hall–Kier alpha value is -1.38. The predicted octanol–water partition coefficient (Wildman–Crippen LogP) is 3.61. The first kappa shape index (κ1) is 15.0. The molecule has 2 aliphatic carbocycles. The number of carbonyl (C=O) groups excluding carboxylic acids is 1. The number of hydrogen-bond acceptors (Lipinski definition) is 2. The Morgan fingerprint density at radius 1 is 1.45 bits per heavy atom. The Morgan fingerprint density at radius 3 is 2.70 bits per heavy atom. The molecule has 0 aromatic rings. The van der Waals surface area contributed by atoms with Gasteiger partial charge in [-0.15, -0.1) is 0 Å². The van der Waals surface area contributed by atoms with Crippen LogP contribution in [0.2, 0.25) is 0 Å². The van der Waals surface area contributed by atoms with E-state index in [-0.39, 0.29) is 22.5 Å². The summed E-state index contributed by atoms with van der Waals surface area (Å²) in [5, 5.41) is 8.94. The SMILES string of the molecule is CC1=CC(=O)C[C@@H]2[C@](C)(/C=C/C(=O)O)[C@H](C)CC[C@]12C. The lowest BCUT2D eigenvalue weighted by Crippen LogP contribution is -2.50. The van der Waals surface area contributed by atoms with Gasteiger partial charge in [-0.3, -0.25) is 4.79 Å². The largest absolute Gasteiger partial charge is 0.478 e. The minimum absolute atomic E-state index is 0.0119. The molecule has 0 saturated heterocycles. The van der Waals surface area contributed by atoms with Crippen molar-refractivity contribution in [1.29, 1.82) is 0 Å². The molecule has 4 atom stereocenters. The Balaban J connectivity index is 2.48. The van der Waals surface area contributed by atoms with Crippen LogP contribution in [0.4, 0.5) is 0 Å². The highest BCUT2D eigenvalue weighted by Gasteiger charge is 2.53. The number of hydrogen-bond donors (Lipinski definition) is 1. The van der Waals surface area contributed by atoms with Gasteiger partial charge in [0.05, 0.1) is 0 Å². The Labute approximate surface area is 120 Å². The maximum atomic E-state index is 12.0. The molecule has 1 saturated carbocycles. The van der Waals surface area contributed by atoms with Crippen LogP contribution in [0.15, 0.2) is 23.8 Å². The quantitative estimate of drug-likeness (QED) is 0.784. The summed E-state index contributed by atoms with van der Waals surface area (Å²) in [5.41, 5.74) is 0.926. The zero-order chi connectivity index (χ0) is 15.1. The van der Waals surface area contributed by atoms with Crippen molar-refractivity contribution in [2.45, 2.75) is 47.0 Å². The second-order valence-electron chi connectivity index (χ2n) is 6.95. The fourth-order valence-electron chi connectivity index (χ4n) is 4.15. The van der Waals surface area contributed by atoms with Gasteiger partial charge < -0.3 is 5.11 Å². The topological polar surface area (TPSA) is 54.4 Å². The highest BCUT2D eigenvalue weighted by Crippen LogP contribution is 2.60. The van der Waals surface area contributed by atoms with Gasteiger partial charge in [0.15, 0.2) is 5.78 Å². The average molecular weight is 276 g/mol. The summed E-state index contributed by atoms with van der Waals surface area (Å²) < 4.78 is 0. The summed E-state index contributed by atoms with van der Waals surface area (Å²) >= 11 is 0. The van der Waals surface area contributed by atoms with Crippen molar-refractivity contribution >= 4 is 11.8 Å². The molecular formula is C17H24O3. The highest BCUT2D eigenvalue weighted by molar-refractivity contribution is 5.92. The summed E-state index contributed by atoms with van der Waals surface area (Å²) in [6, 6.07) is 0. The summed E-state index contributed by atoms with van der Waals surface area (Å²) in [7, 11) is 0. The van der Waals surface area contributed by atoms with E-state index in [0.717, 1.165) is 18.4 Å². The van der Waals surface area contributed by atoms with Crippen LogP contribution in [0.1, 0.15) is 47.0 Å². The molecular weight excluding hydrogens is 252 g/mol. The van der Waals surface area contributed by atoms with Crippen LogP contribution in [0, 0.1) is 22.7 Å². The molecule has 0 radical (unpaired) electrons. The van der Waals surface area contributed by atoms with Crippen LogP contribution in [0.5, 0.6) is 0 Å². The monoisotopic (exact) mass is 276 g/mol. The van der Waals surface area contributed by atoms with Crippen LogP contribution < -0.4 is 0 Å². The minimum atomic E-state index is -0.917. The molecule has 2 aliphatic rings. The lowest BCUT2D eigenvalue weighted by Gasteiger charge is -2.56. The minimum Gasteiger partial charge on any atom is -0.478 e. The summed E-state index contributed by atoms with van der Waals surface area (Å²) in [5.74, 6) is -0.171. The van der Waals surface area contributed by atoms with E-state index in [1.165, 1.54) is 6.08 Å². The molecule has 0 bridgehead atoms. The van der Waals surface area contributed by atoms with Gasteiger partial charge in [0.25, 0.3) is 0 Å². The van der Waals surface area contributed by atoms with E-state index in [0.29, 0.717) is 12.3 Å². The van der Waals surface area contributed by atoms with E-state index in [2.05, 4.69) is 20.8 Å². The van der Waals surface area contributed by atoms with Crippen LogP contribution >= 0.6 is 0 Å². The van der Waals surface area contributed by atoms with Gasteiger partial charge in [-0.05, 0) is 48.5 Å². The number of carboxylic acid groups (broad SMARTS) is 1. The molecule has 20 heavy (non-hydrogen) atoms. The first-order chi connectivity index (χ1) is 9.20. The smallest absolute Gasteiger partial charge is 0.327 e. The van der Waals surface area contributed by atoms with Crippen molar-refractivity contribution in [2.75, 3.05) is 0 Å². The van der Waals surface area contributed by atoms with Gasteiger partial charge in [-0.1, -0.05) is 32.4 Å². The third kappa shape index (κ3) is 2.23. The zero-order valence-corrected chi connectivity index (χ0v) is 12.8. The molecule has 0 spiro atoms. The number of rotatable bonds is 2. The standard InChI is InChI=1S/C17H24O3/c1-11-5-7-17(4)12(2)9-13(18)10-14(17)16(11,3)8-6-15(19)20/h6,8-9,11,14H,5,7,10H2,1-4H3,(H,19,20)/b8-6+/t11-,14-,16-,17-/m1/s1. The molecule has 0 amide bonds. The molecule has 0 unspecified atom stereocenters. The molecule has 1 N–H and O–H groups in total. The van der Waals surface area contributed by atoms with Crippen molar-refractivity contribution < 1.29 is 14.7 Å². The van der Waals surface area contributed by atoms with Crippen LogP contribution in [0.3, 0.4) is 0 Å². The normalized spacial score (nSPS) is 41.4. The van der Waals surface area contributed by atoms with Gasteiger partial charge in [-0.2, -0.15) is 0 Å². The zero-order valence-electron chi connectivity index (χ0n) is 12.8. The third-order valence-electron chi connectivity index (χ3n) is 5.95. The Bertz CT molecular complexity index is 502. The van der Waals surface area contributed by atoms with E-state index in [1.807, 2.05) is 13.0 Å². The van der Waals surface area contributed by atoms with Crippen molar-refractivity contribution in [2.24, 2.45) is 22.7 Å². The van der Waals surface area contributed by atoms with E-state index in [1.54, 1.807) is 6.08 Å². The first-order valence-electron chi connectivity index (χ1n) is 7.34. The number of aliphatic carboxylic acids is 1. The molecule has 0 aromatic carbocycles. The Kier molecular flexibility index (Phi) is 3.66. The highest BCUT2D eigenvalue weighted by atomic mass is 16.4. The fraction of sp³-hybridized carbons (Fsp3) is 0.647. The summed E-state index contributed by atoms with van der Waals surface area (Å²) in [6.07, 6.45) is 7.53. The van der Waals surface area contributed by atoms with Gasteiger partial charge in [0.1, 0.15) is 0 Å². The van der Waals surface area contributed by atoms with Gasteiger partial charge >= 0.3 is 5.97 Å². The van der Waals surface area contributed by atoms with E-state index < -0.39 is 5.97 Å². The summed E-state index contributed by atoms with van der Waals surface area (Å²) in [4.78, 5) is 22.9. The van der Waals surface area contributed by atoms with Gasteiger partial charge in [0, 0.05) is 12.5 Å². The number of fused-ring (bicyclic) bond motifs is 1. The molecule has 3 nitrogen and oxygen atoms in total. The second kappa shape index (κ2) is 4.87. The number of allylic oxidation sites excluding steroid dienone is 3. The predicted molar refractivity (Wildman–Crippen MR) is 78.3 cm³/mol. The number of carbonyl (C=O) groups is 2. The van der Waals surface area contributed by atoms with Crippen molar-refractivity contribution in [3.63, 3.8) is 0 Å². The maximum Gasteiger partial charge on any atom is 0.327 e. The molecule has 0 heterocycles. The first-order valence-corrected chi connectivity index (χ1v) is 7.34. The lowest BCUT2D eigenvalue weighted by molar-refractivity contribution is -0.131. The van der Waals surface area contributed by atoms with Crippen molar-refractivity contribution in [3.05, 3.63) is 23.8 Å². The third-order valence-corrected chi connectivity index (χ3v) is 5.95. The molecule has 1 fully saturated rings. The molecule has 110 valence electrons. The molecule has 3 heteroatoms. The van der Waals surface area contributed by atoms with Crippen LogP contribution in [-0.2, 0) is 9.59 Å². The van der Waals surface area contributed by atoms with E-state index in [9.17, 15) is 9.59 Å². The van der Waals surface area contributed by atoms with E-state index in [4.69, 9.17) is 5.11 Å². The number of carboxylic acids is 1. The lowest BCUT2D eigenvalue weighted by atomic mass is 9.48. The molecule has 2 rings (SSSR count). The fourth-order valence-corrected chi connectivity index (χ4v) is 4.15. The van der Waals surface area contributed by atoms with Gasteiger partial charge in [-0.25, -0.2) is 4.79 Å². The van der Waals surface area contributed by atoms with E-state index >= 15 is 0 Å². The van der Waals surface area contributed by atoms with Gasteiger partial charge in [0.2, 0.25) is 0 Å². The van der Waals surface area contributed by atoms with Crippen LogP contribution in [0.25, 0.3) is 0 Å². The molecule has 0 aromatic heterocycles. The summed E-state index contributed by atoms with van der Waals surface area (Å²) in [6.45, 7) is 8.56. The molecule has 0 aliphatic heterocycles. The maximum absolute atomic E-state index is 12.0. The number of ketones is 1. The van der Waals surface area contributed by atoms with Crippen LogP contribution in [-0.4, -0.2) is 16.9 Å². The second-order valence-corrected chi connectivity index (χ2v) is 6.95. The van der Waals surface area contributed by atoms with Crippen molar-refractivity contribution in [3.8, 4) is 0 Å².